The van der Waals surface area contributed by atoms with Crippen molar-refractivity contribution in [3.8, 4) is 0 Å². The van der Waals surface area contributed by atoms with E-state index in [1.165, 1.54) is 45.9 Å². The van der Waals surface area contributed by atoms with Gasteiger partial charge in [-0.25, -0.2) is 0 Å². The maximum Gasteiger partial charge on any atom is 0.192 e. The molecule has 0 amide bonds. The fraction of sp³-hybridized carbons (Fsp3) is 0.576. The molecule has 0 aromatic heterocycles. The summed E-state index contributed by atoms with van der Waals surface area (Å²) in [6.45, 7) is 26.6. The van der Waals surface area contributed by atoms with E-state index in [0.717, 1.165) is 13.2 Å². The number of halogens is 1. The lowest BCUT2D eigenvalue weighted by Crippen LogP contribution is -2.40. The molecule has 214 valence electrons. The Morgan fingerprint density at radius 1 is 0.711 bits per heavy atom. The lowest BCUT2D eigenvalue weighted by Gasteiger charge is -2.36. The average molecular weight is 667 g/mol. The lowest BCUT2D eigenvalue weighted by molar-refractivity contribution is 0.275. The molecular formula is C33H55IO2Si2. The Bertz CT molecular complexity index is 985. The molecule has 0 heterocycles. The van der Waals surface area contributed by atoms with Gasteiger partial charge in [0.1, 0.15) is 0 Å². The molecular weight excluding hydrogens is 611 g/mol. The van der Waals surface area contributed by atoms with Crippen molar-refractivity contribution in [3.05, 3.63) is 74.9 Å². The molecule has 0 spiro atoms. The van der Waals surface area contributed by atoms with Crippen LogP contribution in [0.4, 0.5) is 0 Å². The molecule has 0 fully saturated rings. The zero-order valence-corrected chi connectivity index (χ0v) is 30.4. The van der Waals surface area contributed by atoms with E-state index in [0.29, 0.717) is 0 Å². The van der Waals surface area contributed by atoms with Gasteiger partial charge in [0.25, 0.3) is 0 Å². The summed E-state index contributed by atoms with van der Waals surface area (Å²) in [4.78, 5) is 0. The SMILES string of the molecule is CC(C)(C)[Si](C)(C)OCc1ccccc1I.CCCCC/C=C\c1ccccc1CO[Si](C)(C)C(C)(C)C. The largest absolute Gasteiger partial charge is 0.413 e. The summed E-state index contributed by atoms with van der Waals surface area (Å²) in [6, 6.07) is 17.0. The van der Waals surface area contributed by atoms with Crippen molar-refractivity contribution >= 4 is 45.3 Å². The fourth-order valence-corrected chi connectivity index (χ4v) is 5.56. The summed E-state index contributed by atoms with van der Waals surface area (Å²) in [5.74, 6) is 0. The number of benzene rings is 2. The van der Waals surface area contributed by atoms with Crippen LogP contribution >= 0.6 is 22.6 Å². The molecule has 2 rings (SSSR count). The van der Waals surface area contributed by atoms with Gasteiger partial charge >= 0.3 is 0 Å². The zero-order valence-electron chi connectivity index (χ0n) is 26.2. The average Bonchev–Trinajstić information content (AvgIpc) is 2.82. The second kappa shape index (κ2) is 15.9. The van der Waals surface area contributed by atoms with Crippen LogP contribution in [0.3, 0.4) is 0 Å². The van der Waals surface area contributed by atoms with E-state index in [-0.39, 0.29) is 10.1 Å². The molecule has 2 aromatic carbocycles. The molecule has 0 aliphatic carbocycles. The minimum absolute atomic E-state index is 0.262. The van der Waals surface area contributed by atoms with Gasteiger partial charge < -0.3 is 8.85 Å². The van der Waals surface area contributed by atoms with Crippen molar-refractivity contribution in [2.24, 2.45) is 0 Å². The molecule has 0 atom stereocenters. The van der Waals surface area contributed by atoms with Crippen LogP contribution in [0.2, 0.25) is 36.3 Å². The van der Waals surface area contributed by atoms with Crippen LogP contribution < -0.4 is 0 Å². The van der Waals surface area contributed by atoms with E-state index < -0.39 is 16.6 Å². The summed E-state index contributed by atoms with van der Waals surface area (Å²) >= 11 is 2.37. The van der Waals surface area contributed by atoms with E-state index in [4.69, 9.17) is 8.85 Å². The molecule has 0 unspecified atom stereocenters. The quantitative estimate of drug-likeness (QED) is 0.135. The Kier molecular flexibility index (Phi) is 14.8. The monoisotopic (exact) mass is 666 g/mol. The van der Waals surface area contributed by atoms with E-state index in [2.05, 4.69) is 158 Å². The first-order valence-electron chi connectivity index (χ1n) is 14.3. The predicted octanol–water partition coefficient (Wildman–Crippen LogP) is 11.6. The molecule has 0 radical (unpaired) electrons. The molecule has 0 aliphatic rings. The summed E-state index contributed by atoms with van der Waals surface area (Å²) in [5, 5.41) is 0.547. The summed E-state index contributed by atoms with van der Waals surface area (Å²) in [7, 11) is -3.30. The number of unbranched alkanes of at least 4 members (excludes halogenated alkanes) is 3. The molecule has 38 heavy (non-hydrogen) atoms. The van der Waals surface area contributed by atoms with Crippen LogP contribution in [-0.2, 0) is 22.1 Å². The second-order valence-electron chi connectivity index (χ2n) is 13.3. The normalized spacial score (nSPS) is 12.9. The Balaban J connectivity index is 0.000000399. The van der Waals surface area contributed by atoms with Gasteiger partial charge in [-0.2, -0.15) is 0 Å². The third-order valence-electron chi connectivity index (χ3n) is 8.07. The topological polar surface area (TPSA) is 18.5 Å². The predicted molar refractivity (Wildman–Crippen MR) is 183 cm³/mol. The van der Waals surface area contributed by atoms with Gasteiger partial charge in [0, 0.05) is 3.57 Å². The van der Waals surface area contributed by atoms with Crippen molar-refractivity contribution in [1.29, 1.82) is 0 Å². The zero-order chi connectivity index (χ0) is 29.0. The highest BCUT2D eigenvalue weighted by Gasteiger charge is 2.37. The molecule has 0 N–H and O–H groups in total. The standard InChI is InChI=1S/C20H34OSi.C13H21IOSi/c1-7-8-9-10-11-14-18-15-12-13-16-19(18)17-21-22(5,6)20(2,3)4;1-13(2,3)16(4,5)15-10-11-8-6-7-9-12(11)14/h11-16H,7-10,17H2,1-6H3;6-9H,10H2,1-5H3/b14-11-;. The summed E-state index contributed by atoms with van der Waals surface area (Å²) in [5.41, 5.74) is 3.91. The maximum atomic E-state index is 6.37. The number of hydrogen-bond acceptors (Lipinski definition) is 2. The number of rotatable bonds is 11. The second-order valence-corrected chi connectivity index (χ2v) is 24.1. The third-order valence-corrected chi connectivity index (χ3v) is 18.1. The first-order valence-corrected chi connectivity index (χ1v) is 21.2. The highest BCUT2D eigenvalue weighted by molar-refractivity contribution is 14.1. The molecule has 0 bridgehead atoms. The minimum Gasteiger partial charge on any atom is -0.413 e. The summed E-state index contributed by atoms with van der Waals surface area (Å²) in [6.07, 6.45) is 9.63. The maximum absolute atomic E-state index is 6.37. The number of allylic oxidation sites excluding steroid dienone is 1. The van der Waals surface area contributed by atoms with Gasteiger partial charge in [0.05, 0.1) is 13.2 Å². The first-order chi connectivity index (χ1) is 17.5. The smallest absolute Gasteiger partial charge is 0.192 e. The van der Waals surface area contributed by atoms with E-state index >= 15 is 0 Å². The lowest BCUT2D eigenvalue weighted by atomic mass is 10.1. The van der Waals surface area contributed by atoms with Crippen LogP contribution in [-0.4, -0.2) is 16.6 Å². The van der Waals surface area contributed by atoms with Crippen molar-refractivity contribution in [1.82, 2.24) is 0 Å². The van der Waals surface area contributed by atoms with Crippen molar-refractivity contribution in [3.63, 3.8) is 0 Å². The van der Waals surface area contributed by atoms with Gasteiger partial charge in [-0.1, -0.05) is 116 Å². The molecule has 0 aliphatic heterocycles. The van der Waals surface area contributed by atoms with Crippen molar-refractivity contribution in [2.45, 2.75) is 124 Å². The Hall–Kier alpha value is -0.736. The molecule has 0 saturated heterocycles. The Morgan fingerprint density at radius 3 is 1.68 bits per heavy atom. The van der Waals surface area contributed by atoms with Crippen LogP contribution in [0.25, 0.3) is 6.08 Å². The molecule has 2 nitrogen and oxygen atoms in total. The number of hydrogen-bond donors (Lipinski definition) is 0. The Morgan fingerprint density at radius 2 is 1.18 bits per heavy atom. The minimum atomic E-state index is -1.68. The molecule has 0 saturated carbocycles. The first kappa shape index (κ1) is 35.3. The van der Waals surface area contributed by atoms with E-state index in [1.54, 1.807) is 0 Å². The van der Waals surface area contributed by atoms with Gasteiger partial charge in [0.15, 0.2) is 16.6 Å². The van der Waals surface area contributed by atoms with Gasteiger partial charge in [-0.3, -0.25) is 0 Å². The van der Waals surface area contributed by atoms with E-state index in [1.807, 2.05) is 0 Å². The van der Waals surface area contributed by atoms with Gasteiger partial charge in [-0.05, 0) is 94.5 Å². The van der Waals surface area contributed by atoms with Crippen molar-refractivity contribution < 1.29 is 8.85 Å². The fourth-order valence-electron chi connectivity index (χ4n) is 3.12. The van der Waals surface area contributed by atoms with Crippen molar-refractivity contribution in [2.75, 3.05) is 0 Å². The highest BCUT2D eigenvalue weighted by atomic mass is 127. The van der Waals surface area contributed by atoms with Crippen LogP contribution in [0, 0.1) is 3.57 Å². The van der Waals surface area contributed by atoms with Gasteiger partial charge in [0.2, 0.25) is 0 Å². The van der Waals surface area contributed by atoms with Crippen LogP contribution in [0.15, 0.2) is 54.6 Å². The summed E-state index contributed by atoms with van der Waals surface area (Å²) < 4.78 is 13.9. The van der Waals surface area contributed by atoms with E-state index in [9.17, 15) is 0 Å². The van der Waals surface area contributed by atoms with Crippen LogP contribution in [0.1, 0.15) is 90.8 Å². The third kappa shape index (κ3) is 12.2. The molecule has 2 aromatic rings. The molecule has 5 heteroatoms. The highest BCUT2D eigenvalue weighted by Crippen LogP contribution is 2.38. The van der Waals surface area contributed by atoms with Crippen LogP contribution in [0.5, 0.6) is 0 Å². The van der Waals surface area contributed by atoms with Gasteiger partial charge in [-0.15, -0.1) is 0 Å². The Labute approximate surface area is 251 Å².